The molecule has 2 unspecified atom stereocenters. The van der Waals surface area contributed by atoms with Gasteiger partial charge in [-0.2, -0.15) is 0 Å². The molecule has 0 spiro atoms. The number of aryl methyl sites for hydroxylation is 1. The monoisotopic (exact) mass is 460 g/mol. The summed E-state index contributed by atoms with van der Waals surface area (Å²) < 4.78 is 19.5. The zero-order valence-electron chi connectivity index (χ0n) is 17.1. The maximum Gasteiger partial charge on any atom is 0.332 e. The lowest BCUT2D eigenvalue weighted by Gasteiger charge is -2.16. The third kappa shape index (κ3) is 6.16. The molecule has 2 aromatic rings. The molecular formula is C23H22ClFN2O5. The van der Waals surface area contributed by atoms with Gasteiger partial charge in [-0.25, -0.2) is 9.87 Å². The Morgan fingerprint density at radius 2 is 2.03 bits per heavy atom. The molecule has 7 nitrogen and oxygen atoms in total. The number of hydroxylamine groups is 1. The number of hydrogen-bond donors (Lipinski definition) is 4. The van der Waals surface area contributed by atoms with E-state index in [9.17, 15) is 19.1 Å². The maximum absolute atomic E-state index is 13.5. The number of allylic oxidation sites excluding steroid dienone is 2. The van der Waals surface area contributed by atoms with Crippen molar-refractivity contribution in [3.63, 3.8) is 0 Å². The number of aliphatic hydroxyl groups is 1. The van der Waals surface area contributed by atoms with E-state index in [1.807, 2.05) is 12.1 Å². The minimum atomic E-state index is -1.21. The molecule has 0 saturated carbocycles. The number of halogens is 2. The van der Waals surface area contributed by atoms with Crippen molar-refractivity contribution in [2.24, 2.45) is 5.92 Å². The van der Waals surface area contributed by atoms with Crippen molar-refractivity contribution < 1.29 is 29.0 Å². The van der Waals surface area contributed by atoms with Crippen LogP contribution in [-0.2, 0) is 16.0 Å². The number of benzene rings is 2. The molecule has 2 aromatic carbocycles. The summed E-state index contributed by atoms with van der Waals surface area (Å²) in [6, 6.07) is 9.28. The summed E-state index contributed by atoms with van der Waals surface area (Å²) in [4.78, 5) is 22.8. The van der Waals surface area contributed by atoms with Gasteiger partial charge in [0.1, 0.15) is 17.3 Å². The highest BCUT2D eigenvalue weighted by Crippen LogP contribution is 2.34. The Labute approximate surface area is 189 Å². The lowest BCUT2D eigenvalue weighted by atomic mass is 9.94. The lowest BCUT2D eigenvalue weighted by Crippen LogP contribution is -2.33. The second kappa shape index (κ2) is 10.4. The largest absolute Gasteiger partial charge is 0.456 e. The zero-order chi connectivity index (χ0) is 23.3. The Kier molecular flexibility index (Phi) is 7.63. The Balaban J connectivity index is 1.80. The van der Waals surface area contributed by atoms with Gasteiger partial charge in [0.15, 0.2) is 0 Å². The van der Waals surface area contributed by atoms with Gasteiger partial charge in [0.05, 0.1) is 11.1 Å². The van der Waals surface area contributed by atoms with E-state index in [2.05, 4.69) is 5.32 Å². The summed E-state index contributed by atoms with van der Waals surface area (Å²) in [5.74, 6) is -1.89. The molecule has 9 heteroatoms. The second-order valence-electron chi connectivity index (χ2n) is 7.43. The molecule has 0 radical (unpaired) electrons. The first-order valence-electron chi connectivity index (χ1n) is 9.81. The van der Waals surface area contributed by atoms with Crippen LogP contribution in [0.5, 0.6) is 5.75 Å². The Hall–Kier alpha value is -3.20. The summed E-state index contributed by atoms with van der Waals surface area (Å²) in [6.45, 7) is 1.71. The number of hydrogen-bond acceptors (Lipinski definition) is 5. The van der Waals surface area contributed by atoms with Crippen molar-refractivity contribution in [3.05, 3.63) is 82.4 Å². The standard InChI is InChI=1S/C23H22ClFN2O5/c1-13-7-17(26-22(29)23(30)27-31)12-20(24)21(13)32-19-6-5-18(28)10-15(11-19)8-14-3-2-4-16(25)9-14/h2-7,9,11-12,15,18,28,31H,8,10H2,1H3,(H,26,29)(H,27,30). The molecule has 3 rings (SSSR count). The van der Waals surface area contributed by atoms with Crippen LogP contribution in [0.2, 0.25) is 5.02 Å². The molecule has 0 aromatic heterocycles. The van der Waals surface area contributed by atoms with Gasteiger partial charge >= 0.3 is 11.8 Å². The van der Waals surface area contributed by atoms with E-state index in [1.165, 1.54) is 23.7 Å². The van der Waals surface area contributed by atoms with Crippen LogP contribution in [0.1, 0.15) is 17.5 Å². The van der Waals surface area contributed by atoms with Crippen molar-refractivity contribution in [1.29, 1.82) is 0 Å². The minimum absolute atomic E-state index is 0.105. The van der Waals surface area contributed by atoms with Crippen molar-refractivity contribution in [2.45, 2.75) is 25.9 Å². The molecule has 0 saturated heterocycles. The molecule has 32 heavy (non-hydrogen) atoms. The topological polar surface area (TPSA) is 108 Å². The predicted molar refractivity (Wildman–Crippen MR) is 117 cm³/mol. The van der Waals surface area contributed by atoms with E-state index in [1.54, 1.807) is 31.2 Å². The van der Waals surface area contributed by atoms with Gasteiger partial charge in [0, 0.05) is 5.69 Å². The van der Waals surface area contributed by atoms with E-state index >= 15 is 0 Å². The van der Waals surface area contributed by atoms with E-state index in [-0.39, 0.29) is 22.4 Å². The number of rotatable bonds is 5. The summed E-state index contributed by atoms with van der Waals surface area (Å²) in [7, 11) is 0. The van der Waals surface area contributed by atoms with E-state index in [0.29, 0.717) is 29.9 Å². The van der Waals surface area contributed by atoms with Gasteiger partial charge in [-0.3, -0.25) is 14.8 Å². The van der Waals surface area contributed by atoms with E-state index < -0.39 is 17.9 Å². The third-order valence-corrected chi connectivity index (χ3v) is 5.11. The van der Waals surface area contributed by atoms with Crippen molar-refractivity contribution >= 4 is 29.1 Å². The van der Waals surface area contributed by atoms with Crippen LogP contribution in [0.3, 0.4) is 0 Å². The van der Waals surface area contributed by atoms with Gasteiger partial charge in [-0.15, -0.1) is 0 Å². The minimum Gasteiger partial charge on any atom is -0.456 e. The SMILES string of the molecule is Cc1cc(NC(=O)C(=O)NO)cc(Cl)c1OC1=CC(Cc2cccc(F)c2)CC(O)C=C1. The normalized spacial score (nSPS) is 17.8. The predicted octanol–water partition coefficient (Wildman–Crippen LogP) is 3.67. The molecule has 2 amide bonds. The van der Waals surface area contributed by atoms with Crippen molar-refractivity contribution in [1.82, 2.24) is 5.48 Å². The summed E-state index contributed by atoms with van der Waals surface area (Å²) in [6.07, 6.45) is 5.40. The van der Waals surface area contributed by atoms with Crippen molar-refractivity contribution in [2.75, 3.05) is 5.32 Å². The highest BCUT2D eigenvalue weighted by Gasteiger charge is 2.19. The Morgan fingerprint density at radius 3 is 2.72 bits per heavy atom. The van der Waals surface area contributed by atoms with Gasteiger partial charge < -0.3 is 15.2 Å². The number of amides is 2. The van der Waals surface area contributed by atoms with E-state index in [0.717, 1.165) is 5.56 Å². The third-order valence-electron chi connectivity index (χ3n) is 4.83. The van der Waals surface area contributed by atoms with Crippen LogP contribution >= 0.6 is 11.6 Å². The van der Waals surface area contributed by atoms with Crippen LogP contribution in [0.15, 0.2) is 60.4 Å². The van der Waals surface area contributed by atoms with Crippen molar-refractivity contribution in [3.8, 4) is 5.75 Å². The van der Waals surface area contributed by atoms with Crippen LogP contribution < -0.4 is 15.5 Å². The molecule has 168 valence electrons. The first-order chi connectivity index (χ1) is 15.2. The Morgan fingerprint density at radius 1 is 1.25 bits per heavy atom. The number of carbonyl (C=O) groups excluding carboxylic acids is 2. The number of nitrogens with one attached hydrogen (secondary N) is 2. The van der Waals surface area contributed by atoms with Crippen LogP contribution in [-0.4, -0.2) is 28.2 Å². The number of carbonyl (C=O) groups is 2. The fourth-order valence-corrected chi connectivity index (χ4v) is 3.72. The molecule has 1 aliphatic rings. The van der Waals surface area contributed by atoms with Gasteiger partial charge in [0.2, 0.25) is 0 Å². The van der Waals surface area contributed by atoms with Crippen LogP contribution in [0, 0.1) is 18.7 Å². The van der Waals surface area contributed by atoms with Crippen LogP contribution in [0.4, 0.5) is 10.1 Å². The Bertz CT molecular complexity index is 1060. The highest BCUT2D eigenvalue weighted by atomic mass is 35.5. The molecule has 2 atom stereocenters. The first-order valence-corrected chi connectivity index (χ1v) is 10.2. The average Bonchev–Trinajstić information content (AvgIpc) is 2.90. The van der Waals surface area contributed by atoms with Crippen LogP contribution in [0.25, 0.3) is 0 Å². The molecule has 0 bridgehead atoms. The summed E-state index contributed by atoms with van der Waals surface area (Å²) >= 11 is 6.34. The number of anilines is 1. The van der Waals surface area contributed by atoms with Gasteiger partial charge in [-0.1, -0.05) is 29.8 Å². The molecule has 0 heterocycles. The summed E-state index contributed by atoms with van der Waals surface area (Å²) in [5.41, 5.74) is 2.89. The molecule has 0 aliphatic heterocycles. The molecular weight excluding hydrogens is 439 g/mol. The second-order valence-corrected chi connectivity index (χ2v) is 7.83. The fraction of sp³-hybridized carbons (Fsp3) is 0.217. The zero-order valence-corrected chi connectivity index (χ0v) is 17.9. The average molecular weight is 461 g/mol. The fourth-order valence-electron chi connectivity index (χ4n) is 3.42. The van der Waals surface area contributed by atoms with E-state index in [4.69, 9.17) is 21.5 Å². The van der Waals surface area contributed by atoms with Gasteiger partial charge in [0.25, 0.3) is 0 Å². The number of aliphatic hydroxyl groups excluding tert-OH is 1. The van der Waals surface area contributed by atoms with Gasteiger partial charge in [-0.05, 0) is 73.2 Å². The smallest absolute Gasteiger partial charge is 0.332 e. The molecule has 1 aliphatic carbocycles. The maximum atomic E-state index is 13.5. The first kappa shape index (κ1) is 23.5. The number of ether oxygens (including phenoxy) is 1. The lowest BCUT2D eigenvalue weighted by molar-refractivity contribution is -0.141. The molecule has 4 N–H and O–H groups in total. The summed E-state index contributed by atoms with van der Waals surface area (Å²) in [5, 5.41) is 21.2. The molecule has 0 fully saturated rings. The highest BCUT2D eigenvalue weighted by molar-refractivity contribution is 6.39. The quantitative estimate of drug-likeness (QED) is 0.309.